The van der Waals surface area contributed by atoms with Crippen molar-refractivity contribution in [2.75, 3.05) is 11.5 Å². The molecule has 2 nitrogen and oxygen atoms in total. The Hall–Kier alpha value is -0.350. The molecule has 1 fully saturated rings. The topological polar surface area (TPSA) is 43.1 Å². The number of hydrogen-bond acceptors (Lipinski definition) is 2. The molecular formula is C13H18BrNOS. The molecule has 1 saturated carbocycles. The zero-order chi connectivity index (χ0) is 12.3. The van der Waals surface area contributed by atoms with Crippen LogP contribution >= 0.6 is 15.9 Å². The molecule has 17 heavy (non-hydrogen) atoms. The van der Waals surface area contributed by atoms with Crippen molar-refractivity contribution in [1.82, 2.24) is 0 Å². The first-order chi connectivity index (χ1) is 8.16. The number of nitrogen functional groups attached to an aromatic ring is 1. The summed E-state index contributed by atoms with van der Waals surface area (Å²) in [5.41, 5.74) is 6.51. The van der Waals surface area contributed by atoms with Crippen LogP contribution in [0.25, 0.3) is 0 Å². The molecule has 0 saturated heterocycles. The van der Waals surface area contributed by atoms with Gasteiger partial charge in [0, 0.05) is 15.9 Å². The lowest BCUT2D eigenvalue weighted by molar-refractivity contribution is 0.531. The summed E-state index contributed by atoms with van der Waals surface area (Å²) in [7, 11) is -0.945. The third-order valence-electron chi connectivity index (χ3n) is 3.40. The SMILES string of the molecule is Nc1cc(Br)ccc1S(=O)CCC1CCCC1. The second-order valence-electron chi connectivity index (χ2n) is 4.67. The van der Waals surface area contributed by atoms with Gasteiger partial charge in [-0.15, -0.1) is 0 Å². The van der Waals surface area contributed by atoms with E-state index < -0.39 is 10.8 Å². The zero-order valence-electron chi connectivity index (χ0n) is 9.82. The first-order valence-corrected chi connectivity index (χ1v) is 8.21. The van der Waals surface area contributed by atoms with Gasteiger partial charge in [-0.05, 0) is 30.5 Å². The van der Waals surface area contributed by atoms with Gasteiger partial charge in [-0.1, -0.05) is 41.6 Å². The second kappa shape index (κ2) is 6.01. The Morgan fingerprint density at radius 1 is 1.35 bits per heavy atom. The Kier molecular flexibility index (Phi) is 4.62. The summed E-state index contributed by atoms with van der Waals surface area (Å²) in [4.78, 5) is 0.784. The third-order valence-corrected chi connectivity index (χ3v) is 5.37. The smallest absolute Gasteiger partial charge is 0.0618 e. The molecule has 94 valence electrons. The monoisotopic (exact) mass is 315 g/mol. The number of anilines is 1. The van der Waals surface area contributed by atoms with E-state index in [1.807, 2.05) is 18.2 Å². The fraction of sp³-hybridized carbons (Fsp3) is 0.538. The second-order valence-corrected chi connectivity index (χ2v) is 7.13. The standard InChI is InChI=1S/C13H18BrNOS/c14-11-5-6-13(12(15)9-11)17(16)8-7-10-3-1-2-4-10/h5-6,9-10H,1-4,7-8,15H2. The molecule has 1 aromatic rings. The fourth-order valence-corrected chi connectivity index (χ4v) is 4.10. The maximum atomic E-state index is 12.1. The van der Waals surface area contributed by atoms with E-state index in [0.717, 1.165) is 27.5 Å². The van der Waals surface area contributed by atoms with Crippen LogP contribution < -0.4 is 5.73 Å². The first kappa shape index (κ1) is 13.1. The van der Waals surface area contributed by atoms with Crippen LogP contribution in [0.3, 0.4) is 0 Å². The van der Waals surface area contributed by atoms with Gasteiger partial charge in [-0.2, -0.15) is 0 Å². The van der Waals surface area contributed by atoms with Gasteiger partial charge in [-0.25, -0.2) is 0 Å². The average molecular weight is 316 g/mol. The molecule has 0 aromatic heterocycles. The molecule has 1 aromatic carbocycles. The molecule has 0 radical (unpaired) electrons. The predicted molar refractivity (Wildman–Crippen MR) is 76.4 cm³/mol. The molecule has 0 aliphatic heterocycles. The van der Waals surface area contributed by atoms with Crippen LogP contribution in [0, 0.1) is 5.92 Å². The molecule has 4 heteroatoms. The van der Waals surface area contributed by atoms with Crippen LogP contribution in [0.4, 0.5) is 5.69 Å². The maximum absolute atomic E-state index is 12.1. The Bertz CT molecular complexity index is 416. The molecule has 1 atom stereocenters. The number of benzene rings is 1. The highest BCUT2D eigenvalue weighted by Crippen LogP contribution is 2.29. The van der Waals surface area contributed by atoms with E-state index >= 15 is 0 Å². The Balaban J connectivity index is 1.94. The van der Waals surface area contributed by atoms with Gasteiger partial charge in [0.25, 0.3) is 0 Å². The Morgan fingerprint density at radius 2 is 2.06 bits per heavy atom. The molecule has 1 unspecified atom stereocenters. The van der Waals surface area contributed by atoms with E-state index in [9.17, 15) is 4.21 Å². The number of hydrogen-bond donors (Lipinski definition) is 1. The molecule has 0 heterocycles. The van der Waals surface area contributed by atoms with Gasteiger partial charge >= 0.3 is 0 Å². The molecule has 0 spiro atoms. The van der Waals surface area contributed by atoms with E-state index in [0.29, 0.717) is 5.69 Å². The summed E-state index contributed by atoms with van der Waals surface area (Å²) < 4.78 is 13.1. The van der Waals surface area contributed by atoms with Crippen LogP contribution in [0.5, 0.6) is 0 Å². The van der Waals surface area contributed by atoms with Crippen molar-refractivity contribution >= 4 is 32.4 Å². The van der Waals surface area contributed by atoms with Crippen LogP contribution in [-0.4, -0.2) is 9.96 Å². The molecule has 2 rings (SSSR count). The summed E-state index contributed by atoms with van der Waals surface area (Å²) in [5.74, 6) is 1.53. The van der Waals surface area contributed by atoms with Gasteiger partial charge in [-0.3, -0.25) is 4.21 Å². The number of halogens is 1. The maximum Gasteiger partial charge on any atom is 0.0618 e. The molecule has 1 aliphatic rings. The average Bonchev–Trinajstić information content (AvgIpc) is 2.78. The van der Waals surface area contributed by atoms with Crippen molar-refractivity contribution in [3.05, 3.63) is 22.7 Å². The molecule has 2 N–H and O–H groups in total. The largest absolute Gasteiger partial charge is 0.398 e. The quantitative estimate of drug-likeness (QED) is 0.860. The lowest BCUT2D eigenvalue weighted by Gasteiger charge is -2.10. The van der Waals surface area contributed by atoms with Crippen LogP contribution in [0.15, 0.2) is 27.6 Å². The normalized spacial score (nSPS) is 18.4. The highest BCUT2D eigenvalue weighted by Gasteiger charge is 2.17. The Labute approximate surface area is 114 Å². The fourth-order valence-electron chi connectivity index (χ4n) is 2.41. The van der Waals surface area contributed by atoms with Crippen molar-refractivity contribution in [2.45, 2.75) is 37.0 Å². The lowest BCUT2D eigenvalue weighted by atomic mass is 10.1. The van der Waals surface area contributed by atoms with E-state index in [1.54, 1.807) is 0 Å². The van der Waals surface area contributed by atoms with Crippen LogP contribution in [-0.2, 0) is 10.8 Å². The number of nitrogens with two attached hydrogens (primary N) is 1. The van der Waals surface area contributed by atoms with Crippen LogP contribution in [0.2, 0.25) is 0 Å². The summed E-state index contributed by atoms with van der Waals surface area (Å²) in [6, 6.07) is 5.59. The van der Waals surface area contributed by atoms with Crippen molar-refractivity contribution in [3.63, 3.8) is 0 Å². The van der Waals surface area contributed by atoms with Gasteiger partial charge in [0.2, 0.25) is 0 Å². The van der Waals surface area contributed by atoms with E-state index in [2.05, 4.69) is 15.9 Å². The Morgan fingerprint density at radius 3 is 2.71 bits per heavy atom. The zero-order valence-corrected chi connectivity index (χ0v) is 12.2. The van der Waals surface area contributed by atoms with Crippen molar-refractivity contribution in [1.29, 1.82) is 0 Å². The highest BCUT2D eigenvalue weighted by molar-refractivity contribution is 9.10. The molecular weight excluding hydrogens is 298 g/mol. The van der Waals surface area contributed by atoms with E-state index in [1.165, 1.54) is 25.7 Å². The van der Waals surface area contributed by atoms with Gasteiger partial charge in [0.15, 0.2) is 0 Å². The van der Waals surface area contributed by atoms with Crippen molar-refractivity contribution in [2.24, 2.45) is 5.92 Å². The van der Waals surface area contributed by atoms with Crippen LogP contribution in [0.1, 0.15) is 32.1 Å². The molecule has 1 aliphatic carbocycles. The first-order valence-electron chi connectivity index (χ1n) is 6.10. The minimum Gasteiger partial charge on any atom is -0.398 e. The minimum atomic E-state index is -0.945. The van der Waals surface area contributed by atoms with Crippen molar-refractivity contribution < 1.29 is 4.21 Å². The van der Waals surface area contributed by atoms with Gasteiger partial charge in [0.1, 0.15) is 0 Å². The van der Waals surface area contributed by atoms with E-state index in [4.69, 9.17) is 5.73 Å². The van der Waals surface area contributed by atoms with Crippen molar-refractivity contribution in [3.8, 4) is 0 Å². The predicted octanol–water partition coefficient (Wildman–Crippen LogP) is 3.72. The van der Waals surface area contributed by atoms with Gasteiger partial charge in [0.05, 0.1) is 15.7 Å². The lowest BCUT2D eigenvalue weighted by Crippen LogP contribution is -2.06. The summed E-state index contributed by atoms with van der Waals surface area (Å²) >= 11 is 3.36. The summed E-state index contributed by atoms with van der Waals surface area (Å²) in [6.07, 6.45) is 6.39. The highest BCUT2D eigenvalue weighted by atomic mass is 79.9. The minimum absolute atomic E-state index is 0.629. The number of rotatable bonds is 4. The molecule has 0 amide bonds. The summed E-state index contributed by atoms with van der Waals surface area (Å²) in [5, 5.41) is 0. The third kappa shape index (κ3) is 3.55. The molecule has 0 bridgehead atoms. The van der Waals surface area contributed by atoms with E-state index in [-0.39, 0.29) is 0 Å². The summed E-state index contributed by atoms with van der Waals surface area (Å²) in [6.45, 7) is 0. The van der Waals surface area contributed by atoms with Gasteiger partial charge < -0.3 is 5.73 Å².